The smallest absolute Gasteiger partial charge is 0.303 e. The number of aliphatic carboxylic acids is 1. The van der Waals surface area contributed by atoms with Crippen molar-refractivity contribution in [1.29, 1.82) is 0 Å². The van der Waals surface area contributed by atoms with Crippen molar-refractivity contribution in [2.45, 2.75) is 13.0 Å². The van der Waals surface area contributed by atoms with Crippen LogP contribution in [-0.4, -0.2) is 55.2 Å². The molecule has 9 heteroatoms. The Bertz CT molecular complexity index is 648. The highest BCUT2D eigenvalue weighted by Crippen LogP contribution is 2.21. The summed E-state index contributed by atoms with van der Waals surface area (Å²) in [6, 6.07) is 3.79. The molecule has 1 N–H and O–H groups in total. The second-order valence-corrected chi connectivity index (χ2v) is 5.83. The third kappa shape index (κ3) is 3.07. The van der Waals surface area contributed by atoms with Gasteiger partial charge in [-0.3, -0.25) is 9.59 Å². The first-order chi connectivity index (χ1) is 10.1. The summed E-state index contributed by atoms with van der Waals surface area (Å²) in [5.41, 5.74) is 0. The zero-order valence-electron chi connectivity index (χ0n) is 11.0. The molecule has 0 spiro atoms. The van der Waals surface area contributed by atoms with Gasteiger partial charge >= 0.3 is 5.97 Å². The van der Waals surface area contributed by atoms with Crippen LogP contribution in [0.4, 0.5) is 0 Å². The fraction of sp³-hybridized carbons (Fsp3) is 0.417. The predicted octanol–water partition coefficient (Wildman–Crippen LogP) is 0.335. The number of hydrogen-bond donors (Lipinski definition) is 1. The lowest BCUT2D eigenvalue weighted by molar-refractivity contribution is -0.145. The molecule has 21 heavy (non-hydrogen) atoms. The van der Waals surface area contributed by atoms with Gasteiger partial charge in [0.25, 0.3) is 0 Å². The number of carboxylic acid groups (broad SMARTS) is 1. The van der Waals surface area contributed by atoms with Crippen molar-refractivity contribution in [3.8, 4) is 10.7 Å². The average molecular weight is 307 g/mol. The first-order valence-corrected chi connectivity index (χ1v) is 7.31. The predicted molar refractivity (Wildman–Crippen MR) is 73.5 cm³/mol. The molecule has 0 aliphatic carbocycles. The minimum atomic E-state index is -0.828. The first-order valence-electron chi connectivity index (χ1n) is 6.43. The van der Waals surface area contributed by atoms with E-state index >= 15 is 0 Å². The van der Waals surface area contributed by atoms with Crippen LogP contribution in [0.15, 0.2) is 17.5 Å². The minimum Gasteiger partial charge on any atom is -0.481 e. The summed E-state index contributed by atoms with van der Waals surface area (Å²) in [5.74, 6) is -0.389. The molecule has 110 valence electrons. The van der Waals surface area contributed by atoms with Crippen LogP contribution >= 0.6 is 11.3 Å². The monoisotopic (exact) mass is 307 g/mol. The van der Waals surface area contributed by atoms with Crippen LogP contribution in [0.1, 0.15) is 6.42 Å². The first kappa shape index (κ1) is 13.7. The maximum Gasteiger partial charge on any atom is 0.303 e. The van der Waals surface area contributed by atoms with Crippen LogP contribution in [0.25, 0.3) is 10.7 Å². The molecule has 1 aliphatic rings. The topological polar surface area (TPSA) is 101 Å². The average Bonchev–Trinajstić information content (AvgIpc) is 3.02. The molecule has 0 atom stereocenters. The van der Waals surface area contributed by atoms with Crippen molar-refractivity contribution >= 4 is 23.2 Å². The highest BCUT2D eigenvalue weighted by molar-refractivity contribution is 7.13. The summed E-state index contributed by atoms with van der Waals surface area (Å²) < 4.78 is 0. The third-order valence-corrected chi connectivity index (χ3v) is 4.11. The molecule has 3 rings (SSSR count). The number of nitrogens with zero attached hydrogens (tertiary/aromatic N) is 5. The lowest BCUT2D eigenvalue weighted by Crippen LogP contribution is -2.51. The van der Waals surface area contributed by atoms with Gasteiger partial charge in [-0.15, -0.1) is 21.5 Å². The van der Waals surface area contributed by atoms with Crippen molar-refractivity contribution in [2.75, 3.05) is 13.1 Å². The molecule has 1 fully saturated rings. The largest absolute Gasteiger partial charge is 0.481 e. The fourth-order valence-electron chi connectivity index (χ4n) is 2.19. The van der Waals surface area contributed by atoms with Crippen molar-refractivity contribution in [3.05, 3.63) is 17.5 Å². The normalized spacial score (nSPS) is 15.0. The van der Waals surface area contributed by atoms with Crippen molar-refractivity contribution in [2.24, 2.45) is 5.92 Å². The zero-order chi connectivity index (χ0) is 14.8. The number of amides is 1. The molecule has 3 heterocycles. The molecular weight excluding hydrogens is 294 g/mol. The van der Waals surface area contributed by atoms with Gasteiger partial charge in [0.2, 0.25) is 11.7 Å². The molecule has 2 aromatic heterocycles. The van der Waals surface area contributed by atoms with E-state index in [-0.39, 0.29) is 24.8 Å². The third-order valence-electron chi connectivity index (χ3n) is 3.24. The van der Waals surface area contributed by atoms with E-state index in [0.29, 0.717) is 18.9 Å². The molecular formula is C12H13N5O3S. The molecule has 1 amide bonds. The van der Waals surface area contributed by atoms with Gasteiger partial charge in [-0.1, -0.05) is 6.07 Å². The van der Waals surface area contributed by atoms with E-state index in [4.69, 9.17) is 5.11 Å². The van der Waals surface area contributed by atoms with Gasteiger partial charge in [-0.2, -0.15) is 4.80 Å². The van der Waals surface area contributed by atoms with E-state index in [1.807, 2.05) is 17.5 Å². The van der Waals surface area contributed by atoms with E-state index < -0.39 is 5.97 Å². The van der Waals surface area contributed by atoms with E-state index in [9.17, 15) is 9.59 Å². The number of carboxylic acids is 1. The highest BCUT2D eigenvalue weighted by Gasteiger charge is 2.32. The van der Waals surface area contributed by atoms with E-state index in [1.165, 1.54) is 16.1 Å². The number of tetrazole rings is 1. The molecule has 0 saturated carbocycles. The van der Waals surface area contributed by atoms with E-state index in [1.54, 1.807) is 4.90 Å². The van der Waals surface area contributed by atoms with Crippen molar-refractivity contribution < 1.29 is 14.7 Å². The molecule has 8 nitrogen and oxygen atoms in total. The molecule has 1 aliphatic heterocycles. The second-order valence-electron chi connectivity index (χ2n) is 4.88. The maximum absolute atomic E-state index is 12.0. The van der Waals surface area contributed by atoms with E-state index in [2.05, 4.69) is 15.4 Å². The van der Waals surface area contributed by atoms with Gasteiger partial charge < -0.3 is 10.0 Å². The summed E-state index contributed by atoms with van der Waals surface area (Å²) in [6.07, 6.45) is 0.105. The Morgan fingerprint density at radius 3 is 2.90 bits per heavy atom. The number of rotatable bonds is 5. The molecule has 0 radical (unpaired) electrons. The van der Waals surface area contributed by atoms with Gasteiger partial charge in [-0.05, 0) is 16.7 Å². The number of carbonyl (C=O) groups excluding carboxylic acids is 1. The Morgan fingerprint density at radius 1 is 1.43 bits per heavy atom. The van der Waals surface area contributed by atoms with Crippen LogP contribution in [-0.2, 0) is 16.1 Å². The molecule has 1 saturated heterocycles. The summed E-state index contributed by atoms with van der Waals surface area (Å²) >= 11 is 1.51. The van der Waals surface area contributed by atoms with Crippen LogP contribution < -0.4 is 0 Å². The van der Waals surface area contributed by atoms with Crippen molar-refractivity contribution in [3.63, 3.8) is 0 Å². The van der Waals surface area contributed by atoms with Crippen LogP contribution in [0, 0.1) is 5.92 Å². The summed E-state index contributed by atoms with van der Waals surface area (Å²) in [4.78, 5) is 26.3. The van der Waals surface area contributed by atoms with E-state index in [0.717, 1.165) is 4.88 Å². The van der Waals surface area contributed by atoms with Crippen LogP contribution in [0.2, 0.25) is 0 Å². The molecule has 2 aromatic rings. The Kier molecular flexibility index (Phi) is 3.65. The number of hydrogen-bond acceptors (Lipinski definition) is 6. The van der Waals surface area contributed by atoms with Crippen molar-refractivity contribution in [1.82, 2.24) is 25.1 Å². The Hall–Kier alpha value is -2.29. The van der Waals surface area contributed by atoms with Gasteiger partial charge in [0.15, 0.2) is 0 Å². The van der Waals surface area contributed by atoms with Gasteiger partial charge in [0.05, 0.1) is 11.3 Å². The van der Waals surface area contributed by atoms with Crippen LogP contribution in [0.3, 0.4) is 0 Å². The van der Waals surface area contributed by atoms with Gasteiger partial charge in [0, 0.05) is 19.0 Å². The second kappa shape index (κ2) is 5.60. The zero-order valence-corrected chi connectivity index (χ0v) is 11.9. The summed E-state index contributed by atoms with van der Waals surface area (Å²) in [7, 11) is 0. The molecule has 0 unspecified atom stereocenters. The molecule has 0 aromatic carbocycles. The number of thiophene rings is 1. The fourth-order valence-corrected chi connectivity index (χ4v) is 2.83. The maximum atomic E-state index is 12.0. The number of carbonyl (C=O) groups is 2. The quantitative estimate of drug-likeness (QED) is 0.854. The van der Waals surface area contributed by atoms with Gasteiger partial charge in [0.1, 0.15) is 6.54 Å². The molecule has 0 bridgehead atoms. The Labute approximate surface area is 124 Å². The Balaban J connectivity index is 1.53. The highest BCUT2D eigenvalue weighted by atomic mass is 32.1. The van der Waals surface area contributed by atoms with Crippen LogP contribution in [0.5, 0.6) is 0 Å². The Morgan fingerprint density at radius 2 is 2.24 bits per heavy atom. The number of likely N-dealkylation sites (tertiary alicyclic amines) is 1. The lowest BCUT2D eigenvalue weighted by Gasteiger charge is -2.38. The minimum absolute atomic E-state index is 0.0260. The standard InChI is InChI=1S/C12H13N5O3S/c18-10(16-5-8(6-16)4-11(19)20)7-17-14-12(13-15-17)9-2-1-3-21-9/h1-3,8H,4-7H2,(H,19,20). The lowest BCUT2D eigenvalue weighted by atomic mass is 9.96. The SMILES string of the molecule is O=C(O)CC1CN(C(=O)Cn2nnc(-c3cccs3)n2)C1. The number of aromatic nitrogens is 4. The summed E-state index contributed by atoms with van der Waals surface area (Å²) in [6.45, 7) is 0.993. The summed E-state index contributed by atoms with van der Waals surface area (Å²) in [5, 5.41) is 22.5. The van der Waals surface area contributed by atoms with Gasteiger partial charge in [-0.25, -0.2) is 0 Å².